The second-order valence-corrected chi connectivity index (χ2v) is 4.13. The van der Waals surface area contributed by atoms with Crippen LogP contribution in [0.2, 0.25) is 0 Å². The second kappa shape index (κ2) is 5.95. The summed E-state index contributed by atoms with van der Waals surface area (Å²) in [5.74, 6) is -0.197. The Labute approximate surface area is 112 Å². The first-order valence-corrected chi connectivity index (χ1v) is 6.03. The first-order chi connectivity index (χ1) is 9.19. The number of carbonyl (C=O) groups is 1. The predicted octanol–water partition coefficient (Wildman–Crippen LogP) is 1.76. The Morgan fingerprint density at radius 1 is 1.32 bits per heavy atom. The van der Waals surface area contributed by atoms with Crippen LogP contribution in [-0.4, -0.2) is 22.9 Å². The maximum absolute atomic E-state index is 11.5. The van der Waals surface area contributed by atoms with Crippen LogP contribution in [0.4, 0.5) is 5.69 Å². The summed E-state index contributed by atoms with van der Waals surface area (Å²) < 4.78 is 0. The topological polar surface area (TPSA) is 66.9 Å². The predicted molar refractivity (Wildman–Crippen MR) is 73.9 cm³/mol. The fourth-order valence-electron chi connectivity index (χ4n) is 1.68. The lowest BCUT2D eigenvalue weighted by molar-refractivity contribution is 0.0958. The number of nitrogens with zero attached hydrogens (tertiary/aromatic N) is 2. The Morgan fingerprint density at radius 2 is 2.16 bits per heavy atom. The van der Waals surface area contributed by atoms with Crippen molar-refractivity contribution in [2.24, 2.45) is 0 Å². The summed E-state index contributed by atoms with van der Waals surface area (Å²) in [7, 11) is 1.58. The molecule has 0 aliphatic rings. The van der Waals surface area contributed by atoms with E-state index in [1.807, 2.05) is 31.2 Å². The first kappa shape index (κ1) is 13.0. The van der Waals surface area contributed by atoms with Crippen LogP contribution in [0.15, 0.2) is 36.5 Å². The number of amides is 1. The minimum Gasteiger partial charge on any atom is -0.379 e. The molecule has 0 unspecified atom stereocenters. The Hall–Kier alpha value is -2.43. The molecule has 0 aliphatic heterocycles. The van der Waals surface area contributed by atoms with Crippen LogP contribution in [-0.2, 0) is 6.54 Å². The van der Waals surface area contributed by atoms with Gasteiger partial charge in [-0.2, -0.15) is 0 Å². The van der Waals surface area contributed by atoms with E-state index in [1.54, 1.807) is 19.3 Å². The number of hydrogen-bond donors (Lipinski definition) is 2. The van der Waals surface area contributed by atoms with Crippen LogP contribution >= 0.6 is 0 Å². The average molecular weight is 256 g/mol. The summed E-state index contributed by atoms with van der Waals surface area (Å²) in [5.41, 5.74) is 3.18. The number of pyridine rings is 2. The molecule has 5 heteroatoms. The number of rotatable bonds is 4. The minimum absolute atomic E-state index is 0.197. The van der Waals surface area contributed by atoms with Crippen LogP contribution in [0, 0.1) is 6.92 Å². The maximum atomic E-state index is 11.5. The summed E-state index contributed by atoms with van der Waals surface area (Å²) in [6, 6.07) is 9.43. The van der Waals surface area contributed by atoms with Gasteiger partial charge in [-0.1, -0.05) is 6.07 Å². The Bertz CT molecular complexity index is 583. The van der Waals surface area contributed by atoms with Crippen LogP contribution < -0.4 is 10.6 Å². The molecule has 5 nitrogen and oxygen atoms in total. The Morgan fingerprint density at radius 3 is 2.89 bits per heavy atom. The van der Waals surface area contributed by atoms with Crippen molar-refractivity contribution >= 4 is 11.6 Å². The van der Waals surface area contributed by atoms with Crippen molar-refractivity contribution in [3.63, 3.8) is 0 Å². The summed E-state index contributed by atoms with van der Waals surface area (Å²) in [4.78, 5) is 19.9. The summed E-state index contributed by atoms with van der Waals surface area (Å²) in [6.45, 7) is 2.57. The number of carbonyl (C=O) groups excluding carboxylic acids is 1. The number of hydrogen-bond acceptors (Lipinski definition) is 4. The minimum atomic E-state index is -0.197. The SMILES string of the molecule is CNC(=O)c1cc(NCc2cccc(C)n2)ccn1. The molecule has 2 aromatic heterocycles. The van der Waals surface area contributed by atoms with Crippen molar-refractivity contribution in [3.05, 3.63) is 53.6 Å². The molecule has 0 atom stereocenters. The highest BCUT2D eigenvalue weighted by Crippen LogP contribution is 2.09. The number of anilines is 1. The van der Waals surface area contributed by atoms with E-state index < -0.39 is 0 Å². The molecule has 0 fully saturated rings. The van der Waals surface area contributed by atoms with Gasteiger partial charge in [0.2, 0.25) is 0 Å². The largest absolute Gasteiger partial charge is 0.379 e. The third kappa shape index (κ3) is 3.51. The quantitative estimate of drug-likeness (QED) is 0.874. The van der Waals surface area contributed by atoms with E-state index in [9.17, 15) is 4.79 Å². The summed E-state index contributed by atoms with van der Waals surface area (Å²) in [5, 5.41) is 5.77. The molecular formula is C14H16N4O. The van der Waals surface area contributed by atoms with Gasteiger partial charge in [-0.05, 0) is 31.2 Å². The van der Waals surface area contributed by atoms with Crippen LogP contribution in [0.1, 0.15) is 21.9 Å². The molecule has 2 aromatic rings. The third-order valence-corrected chi connectivity index (χ3v) is 2.64. The molecule has 2 N–H and O–H groups in total. The van der Waals surface area contributed by atoms with Crippen molar-refractivity contribution < 1.29 is 4.79 Å². The molecule has 19 heavy (non-hydrogen) atoms. The molecule has 1 amide bonds. The smallest absolute Gasteiger partial charge is 0.269 e. The monoisotopic (exact) mass is 256 g/mol. The molecule has 0 saturated heterocycles. The van der Waals surface area contributed by atoms with Gasteiger partial charge in [0.15, 0.2) is 0 Å². The van der Waals surface area contributed by atoms with E-state index in [0.29, 0.717) is 12.2 Å². The van der Waals surface area contributed by atoms with Crippen LogP contribution in [0.25, 0.3) is 0 Å². The molecule has 0 saturated carbocycles. The van der Waals surface area contributed by atoms with E-state index >= 15 is 0 Å². The van der Waals surface area contributed by atoms with Crippen molar-refractivity contribution in [2.75, 3.05) is 12.4 Å². The fourth-order valence-corrected chi connectivity index (χ4v) is 1.68. The molecule has 98 valence electrons. The molecule has 0 bridgehead atoms. The lowest BCUT2D eigenvalue weighted by Gasteiger charge is -2.07. The molecule has 0 aromatic carbocycles. The Kier molecular flexibility index (Phi) is 4.07. The Balaban J connectivity index is 2.05. The highest BCUT2D eigenvalue weighted by molar-refractivity contribution is 5.92. The third-order valence-electron chi connectivity index (χ3n) is 2.64. The van der Waals surface area contributed by atoms with E-state index in [2.05, 4.69) is 20.6 Å². The van der Waals surface area contributed by atoms with Crippen LogP contribution in [0.3, 0.4) is 0 Å². The first-order valence-electron chi connectivity index (χ1n) is 6.03. The molecular weight excluding hydrogens is 240 g/mol. The van der Waals surface area contributed by atoms with E-state index in [1.165, 1.54) is 0 Å². The zero-order valence-corrected chi connectivity index (χ0v) is 11.0. The lowest BCUT2D eigenvalue weighted by atomic mass is 10.2. The molecule has 0 aliphatic carbocycles. The van der Waals surface area contributed by atoms with Gasteiger partial charge in [-0.3, -0.25) is 14.8 Å². The standard InChI is InChI=1S/C14H16N4O/c1-10-4-3-5-12(18-10)9-17-11-6-7-16-13(8-11)14(19)15-2/h3-8H,9H2,1-2H3,(H,15,19)(H,16,17). The maximum Gasteiger partial charge on any atom is 0.269 e. The van der Waals surface area contributed by atoms with E-state index in [4.69, 9.17) is 0 Å². The molecule has 2 heterocycles. The number of aryl methyl sites for hydroxylation is 1. The van der Waals surface area contributed by atoms with Gasteiger partial charge < -0.3 is 10.6 Å². The molecule has 0 radical (unpaired) electrons. The molecule has 2 rings (SSSR count). The molecule has 0 spiro atoms. The van der Waals surface area contributed by atoms with Gasteiger partial charge in [0.1, 0.15) is 5.69 Å². The summed E-state index contributed by atoms with van der Waals surface area (Å²) in [6.07, 6.45) is 1.61. The van der Waals surface area contributed by atoms with Crippen molar-refractivity contribution in [3.8, 4) is 0 Å². The van der Waals surface area contributed by atoms with Gasteiger partial charge in [0.05, 0.1) is 12.2 Å². The average Bonchev–Trinajstić information content (AvgIpc) is 2.45. The van der Waals surface area contributed by atoms with Gasteiger partial charge in [0, 0.05) is 24.6 Å². The van der Waals surface area contributed by atoms with Gasteiger partial charge in [0.25, 0.3) is 5.91 Å². The zero-order chi connectivity index (χ0) is 13.7. The van der Waals surface area contributed by atoms with Crippen molar-refractivity contribution in [1.29, 1.82) is 0 Å². The zero-order valence-electron chi connectivity index (χ0n) is 11.0. The highest BCUT2D eigenvalue weighted by Gasteiger charge is 2.05. The lowest BCUT2D eigenvalue weighted by Crippen LogP contribution is -2.19. The second-order valence-electron chi connectivity index (χ2n) is 4.13. The summed E-state index contributed by atoms with van der Waals surface area (Å²) >= 11 is 0. The van der Waals surface area contributed by atoms with E-state index in [-0.39, 0.29) is 5.91 Å². The van der Waals surface area contributed by atoms with Crippen molar-refractivity contribution in [2.45, 2.75) is 13.5 Å². The van der Waals surface area contributed by atoms with Gasteiger partial charge in [-0.15, -0.1) is 0 Å². The van der Waals surface area contributed by atoms with Crippen LogP contribution in [0.5, 0.6) is 0 Å². The van der Waals surface area contributed by atoms with Gasteiger partial charge >= 0.3 is 0 Å². The van der Waals surface area contributed by atoms with Gasteiger partial charge in [-0.25, -0.2) is 0 Å². The highest BCUT2D eigenvalue weighted by atomic mass is 16.1. The number of nitrogens with one attached hydrogen (secondary N) is 2. The van der Waals surface area contributed by atoms with Crippen molar-refractivity contribution in [1.82, 2.24) is 15.3 Å². The fraction of sp³-hybridized carbons (Fsp3) is 0.214. The number of aromatic nitrogens is 2. The normalized spacial score (nSPS) is 10.0. The van der Waals surface area contributed by atoms with E-state index in [0.717, 1.165) is 17.1 Å².